The van der Waals surface area contributed by atoms with Crippen molar-refractivity contribution >= 4 is 11.9 Å². The Bertz CT molecular complexity index is 202. The molecule has 0 spiro atoms. The molecule has 1 atom stereocenters. The van der Waals surface area contributed by atoms with Crippen LogP contribution in [0.5, 0.6) is 0 Å². The maximum atomic E-state index is 11.2. The molecule has 0 rings (SSSR count). The lowest BCUT2D eigenvalue weighted by Gasteiger charge is -2.13. The number of rotatable bonds is 7. The van der Waals surface area contributed by atoms with Gasteiger partial charge in [0.15, 0.2) is 6.10 Å². The minimum absolute atomic E-state index is 0.282. The molecule has 15 heavy (non-hydrogen) atoms. The van der Waals surface area contributed by atoms with E-state index in [0.29, 0.717) is 19.4 Å². The van der Waals surface area contributed by atoms with Crippen LogP contribution in [0.3, 0.4) is 0 Å². The van der Waals surface area contributed by atoms with Crippen LogP contribution in [0.4, 0.5) is 0 Å². The smallest absolute Gasteiger partial charge is 0.334 e. The van der Waals surface area contributed by atoms with Gasteiger partial charge in [-0.15, -0.1) is 0 Å². The molecular weight excluding hydrogens is 200 g/mol. The summed E-state index contributed by atoms with van der Waals surface area (Å²) in [6.07, 6.45) is 0.726. The van der Waals surface area contributed by atoms with Crippen molar-refractivity contribution in [3.05, 3.63) is 0 Å². The number of methoxy groups -OCH3 is 2. The van der Waals surface area contributed by atoms with E-state index in [1.54, 1.807) is 6.92 Å². The van der Waals surface area contributed by atoms with Gasteiger partial charge in [-0.3, -0.25) is 4.79 Å². The van der Waals surface area contributed by atoms with Gasteiger partial charge in [-0.1, -0.05) is 0 Å². The maximum absolute atomic E-state index is 11.2. The first-order valence-electron chi connectivity index (χ1n) is 4.91. The van der Waals surface area contributed by atoms with E-state index in [-0.39, 0.29) is 12.4 Å². The fourth-order valence-electron chi connectivity index (χ4n) is 1.14. The molecule has 0 aromatic rings. The molecule has 0 N–H and O–H groups in total. The summed E-state index contributed by atoms with van der Waals surface area (Å²) < 4.78 is 14.2. The molecule has 0 aromatic heterocycles. The highest BCUT2D eigenvalue weighted by molar-refractivity contribution is 5.74. The van der Waals surface area contributed by atoms with Crippen LogP contribution in [0.15, 0.2) is 0 Å². The summed E-state index contributed by atoms with van der Waals surface area (Å²) in [6, 6.07) is 0. The predicted octanol–water partition coefficient (Wildman–Crippen LogP) is 0.908. The van der Waals surface area contributed by atoms with E-state index in [1.807, 2.05) is 0 Å². The van der Waals surface area contributed by atoms with Gasteiger partial charge in [-0.2, -0.15) is 0 Å². The van der Waals surface area contributed by atoms with E-state index in [2.05, 4.69) is 9.47 Å². The quantitative estimate of drug-likeness (QED) is 0.594. The highest BCUT2D eigenvalue weighted by Crippen LogP contribution is 2.07. The summed E-state index contributed by atoms with van der Waals surface area (Å²) in [5.74, 6) is -0.683. The molecule has 0 aliphatic rings. The molecular formula is C10H18O5. The van der Waals surface area contributed by atoms with Crippen LogP contribution in [0.1, 0.15) is 26.2 Å². The summed E-state index contributed by atoms with van der Waals surface area (Å²) in [5.41, 5.74) is 0. The number of esters is 2. The van der Waals surface area contributed by atoms with Gasteiger partial charge in [-0.25, -0.2) is 4.79 Å². The maximum Gasteiger partial charge on any atom is 0.334 e. The summed E-state index contributed by atoms with van der Waals surface area (Å²) in [4.78, 5) is 22.0. The zero-order chi connectivity index (χ0) is 11.7. The van der Waals surface area contributed by atoms with Crippen molar-refractivity contribution in [3.8, 4) is 0 Å². The van der Waals surface area contributed by atoms with Gasteiger partial charge in [-0.05, 0) is 19.8 Å². The van der Waals surface area contributed by atoms with Crippen LogP contribution in [0.25, 0.3) is 0 Å². The van der Waals surface area contributed by atoms with Crippen molar-refractivity contribution in [1.29, 1.82) is 0 Å². The lowest BCUT2D eigenvalue weighted by molar-refractivity contribution is -0.154. The summed E-state index contributed by atoms with van der Waals surface area (Å²) in [6.45, 7) is 2.24. The Morgan fingerprint density at radius 2 is 1.87 bits per heavy atom. The van der Waals surface area contributed by atoms with Crippen molar-refractivity contribution in [2.45, 2.75) is 32.3 Å². The molecule has 0 bridgehead atoms. The SMILES string of the molecule is CCOC(CCCC(=O)OC)C(=O)OC. The largest absolute Gasteiger partial charge is 0.469 e. The lowest BCUT2D eigenvalue weighted by atomic mass is 10.1. The van der Waals surface area contributed by atoms with E-state index < -0.39 is 12.1 Å². The zero-order valence-corrected chi connectivity index (χ0v) is 9.45. The van der Waals surface area contributed by atoms with Gasteiger partial charge < -0.3 is 14.2 Å². The Hall–Kier alpha value is -1.10. The van der Waals surface area contributed by atoms with Gasteiger partial charge in [0.25, 0.3) is 0 Å². The van der Waals surface area contributed by atoms with Crippen molar-refractivity contribution < 1.29 is 23.8 Å². The Morgan fingerprint density at radius 3 is 2.33 bits per heavy atom. The van der Waals surface area contributed by atoms with Crippen LogP contribution in [0, 0.1) is 0 Å². The molecule has 5 nitrogen and oxygen atoms in total. The third kappa shape index (κ3) is 6.06. The Labute approximate surface area is 89.7 Å². The first-order chi connectivity index (χ1) is 7.15. The third-order valence-corrected chi connectivity index (χ3v) is 1.91. The van der Waals surface area contributed by atoms with Crippen LogP contribution < -0.4 is 0 Å². The number of carbonyl (C=O) groups excluding carboxylic acids is 2. The first-order valence-corrected chi connectivity index (χ1v) is 4.91. The first kappa shape index (κ1) is 13.9. The summed E-state index contributed by atoms with van der Waals surface area (Å²) in [5, 5.41) is 0. The highest BCUT2D eigenvalue weighted by Gasteiger charge is 2.19. The second kappa shape index (κ2) is 8.23. The lowest BCUT2D eigenvalue weighted by Crippen LogP contribution is -2.25. The molecule has 0 saturated heterocycles. The molecule has 0 aliphatic carbocycles. The van der Waals surface area contributed by atoms with Crippen LogP contribution in [-0.2, 0) is 23.8 Å². The van der Waals surface area contributed by atoms with E-state index in [1.165, 1.54) is 14.2 Å². The van der Waals surface area contributed by atoms with Gasteiger partial charge in [0.1, 0.15) is 0 Å². The second-order valence-corrected chi connectivity index (χ2v) is 2.94. The molecule has 88 valence electrons. The van der Waals surface area contributed by atoms with E-state index in [4.69, 9.17) is 4.74 Å². The van der Waals surface area contributed by atoms with Crippen molar-refractivity contribution in [1.82, 2.24) is 0 Å². The summed E-state index contributed by atoms with van der Waals surface area (Å²) >= 11 is 0. The molecule has 0 saturated carbocycles. The summed E-state index contributed by atoms with van der Waals surface area (Å²) in [7, 11) is 2.65. The normalized spacial score (nSPS) is 11.9. The van der Waals surface area contributed by atoms with Crippen molar-refractivity contribution in [2.24, 2.45) is 0 Å². The molecule has 1 unspecified atom stereocenters. The zero-order valence-electron chi connectivity index (χ0n) is 9.45. The van der Waals surface area contributed by atoms with Gasteiger partial charge in [0, 0.05) is 13.0 Å². The van der Waals surface area contributed by atoms with Gasteiger partial charge in [0.05, 0.1) is 14.2 Å². The fraction of sp³-hybridized carbons (Fsp3) is 0.800. The molecule has 0 fully saturated rings. The highest BCUT2D eigenvalue weighted by atomic mass is 16.6. The topological polar surface area (TPSA) is 61.8 Å². The molecule has 0 radical (unpaired) electrons. The van der Waals surface area contributed by atoms with Crippen LogP contribution >= 0.6 is 0 Å². The Kier molecular flexibility index (Phi) is 7.62. The van der Waals surface area contributed by atoms with Crippen molar-refractivity contribution in [2.75, 3.05) is 20.8 Å². The molecule has 0 amide bonds. The fourth-order valence-corrected chi connectivity index (χ4v) is 1.14. The average Bonchev–Trinajstić information content (AvgIpc) is 2.26. The monoisotopic (exact) mass is 218 g/mol. The van der Waals surface area contributed by atoms with Gasteiger partial charge in [0.2, 0.25) is 0 Å². The van der Waals surface area contributed by atoms with E-state index in [9.17, 15) is 9.59 Å². The molecule has 0 heterocycles. The number of hydrogen-bond donors (Lipinski definition) is 0. The standard InChI is InChI=1S/C10H18O5/c1-4-15-8(10(12)14-3)6-5-7-9(11)13-2/h8H,4-7H2,1-3H3. The van der Waals surface area contributed by atoms with E-state index in [0.717, 1.165) is 0 Å². The third-order valence-electron chi connectivity index (χ3n) is 1.91. The minimum atomic E-state index is -0.579. The number of ether oxygens (including phenoxy) is 3. The number of carbonyl (C=O) groups is 2. The minimum Gasteiger partial charge on any atom is -0.469 e. The average molecular weight is 218 g/mol. The molecule has 5 heteroatoms. The van der Waals surface area contributed by atoms with E-state index >= 15 is 0 Å². The van der Waals surface area contributed by atoms with Crippen molar-refractivity contribution in [3.63, 3.8) is 0 Å². The predicted molar refractivity (Wildman–Crippen MR) is 53.3 cm³/mol. The molecule has 0 aromatic carbocycles. The Balaban J connectivity index is 3.85. The van der Waals surface area contributed by atoms with Crippen LogP contribution in [-0.4, -0.2) is 38.9 Å². The number of hydrogen-bond acceptors (Lipinski definition) is 5. The molecule has 0 aliphatic heterocycles. The van der Waals surface area contributed by atoms with Crippen LogP contribution in [0.2, 0.25) is 0 Å². The second-order valence-electron chi connectivity index (χ2n) is 2.94. The Morgan fingerprint density at radius 1 is 1.20 bits per heavy atom. The van der Waals surface area contributed by atoms with Gasteiger partial charge >= 0.3 is 11.9 Å².